The van der Waals surface area contributed by atoms with Crippen molar-refractivity contribution in [2.45, 2.75) is 0 Å². The summed E-state index contributed by atoms with van der Waals surface area (Å²) in [6.45, 7) is 0. The molecule has 210 valence electrons. The zero-order valence-corrected chi connectivity index (χ0v) is 24.5. The normalized spacial score (nSPS) is 12.8. The minimum Gasteiger partial charge on any atom is -0.308 e. The number of hydrogen-bond acceptors (Lipinski definition) is 2. The molecule has 0 atom stereocenters. The molecule has 7 aromatic carbocycles. The lowest BCUT2D eigenvalue weighted by molar-refractivity contribution is 1.02. The molecule has 0 fully saturated rings. The zero-order valence-electron chi connectivity index (χ0n) is 24.5. The van der Waals surface area contributed by atoms with Gasteiger partial charge >= 0.3 is 0 Å². The van der Waals surface area contributed by atoms with Crippen molar-refractivity contribution in [3.8, 4) is 28.3 Å². The fraction of sp³-hybridized carbons (Fsp3) is 0. The first kappa shape index (κ1) is 23.2. The summed E-state index contributed by atoms with van der Waals surface area (Å²) >= 11 is 0. The van der Waals surface area contributed by atoms with Crippen LogP contribution in [0, 0.1) is 0 Å². The van der Waals surface area contributed by atoms with E-state index in [1.165, 1.54) is 76.3 Å². The summed E-state index contributed by atoms with van der Waals surface area (Å²) in [5, 5.41) is 11.2. The first-order valence-corrected chi connectivity index (χ1v) is 15.8. The van der Waals surface area contributed by atoms with Crippen molar-refractivity contribution in [3.63, 3.8) is 0 Å². The Bertz CT molecular complexity index is 3140. The number of benzene rings is 7. The molecule has 0 N–H and O–H groups in total. The Labute approximate surface area is 261 Å². The highest BCUT2D eigenvalue weighted by Crippen LogP contribution is 2.49. The molecule has 11 aromatic rings. The molecular weight excluding hydrogens is 560 g/mol. The maximum Gasteiger partial charge on any atom is 0.235 e. The highest BCUT2D eigenvalue weighted by molar-refractivity contribution is 6.36. The lowest BCUT2D eigenvalue weighted by atomic mass is 10.0. The Morgan fingerprint density at radius 3 is 2.02 bits per heavy atom. The SMILES string of the molecule is c1ccc2c(c1)-c1cccc3nc(-n4c5ccccc5c5c6c7cc8ccccc8cc7n7c8ccccc8c(cc54)c67)nc-2c13. The molecule has 0 bridgehead atoms. The molecule has 4 heterocycles. The summed E-state index contributed by atoms with van der Waals surface area (Å²) in [6.07, 6.45) is 0. The molecular formula is C42H22N4. The van der Waals surface area contributed by atoms with Crippen molar-refractivity contribution < 1.29 is 0 Å². The predicted molar refractivity (Wildman–Crippen MR) is 190 cm³/mol. The number of nitrogens with zero attached hydrogens (tertiary/aromatic N) is 4. The summed E-state index contributed by atoms with van der Waals surface area (Å²) in [5.74, 6) is 0.703. The van der Waals surface area contributed by atoms with Crippen molar-refractivity contribution in [2.24, 2.45) is 0 Å². The Kier molecular flexibility index (Phi) is 3.96. The first-order chi connectivity index (χ1) is 22.8. The van der Waals surface area contributed by atoms with E-state index in [0.29, 0.717) is 5.95 Å². The summed E-state index contributed by atoms with van der Waals surface area (Å²) in [6, 6.07) is 48.4. The largest absolute Gasteiger partial charge is 0.308 e. The Morgan fingerprint density at radius 1 is 0.413 bits per heavy atom. The van der Waals surface area contributed by atoms with E-state index in [9.17, 15) is 0 Å². The lowest BCUT2D eigenvalue weighted by Gasteiger charge is -2.10. The second kappa shape index (κ2) is 7.87. The van der Waals surface area contributed by atoms with Crippen LogP contribution in [-0.4, -0.2) is 18.9 Å². The Morgan fingerprint density at radius 2 is 1.13 bits per heavy atom. The van der Waals surface area contributed by atoms with E-state index in [-0.39, 0.29) is 0 Å². The van der Waals surface area contributed by atoms with Gasteiger partial charge in [0.15, 0.2) is 0 Å². The average Bonchev–Trinajstić information content (AvgIpc) is 3.82. The predicted octanol–water partition coefficient (Wildman–Crippen LogP) is 10.7. The topological polar surface area (TPSA) is 35.1 Å². The molecule has 4 heteroatoms. The highest BCUT2D eigenvalue weighted by atomic mass is 15.2. The third-order valence-electron chi connectivity index (χ3n) is 10.4. The standard InChI is InChI=1S/C42H22N4/c1-2-11-24-21-35-31(20-23(24)10-1)39-38-29-15-6-8-19-34(29)46(36(38)22-30-26-13-5-7-18-33(26)45(35)41(30)39)42-43-32-17-9-16-27-25-12-3-4-14-28(25)40(44-42)37(27)32/h1-22H. The van der Waals surface area contributed by atoms with Crippen molar-refractivity contribution in [1.82, 2.24) is 18.9 Å². The molecule has 0 saturated heterocycles. The minimum atomic E-state index is 0.703. The van der Waals surface area contributed by atoms with Gasteiger partial charge in [0.1, 0.15) is 0 Å². The number of aromatic nitrogens is 4. The van der Waals surface area contributed by atoms with E-state index < -0.39 is 0 Å². The van der Waals surface area contributed by atoms with Gasteiger partial charge in [0, 0.05) is 43.3 Å². The van der Waals surface area contributed by atoms with Gasteiger partial charge in [-0.1, -0.05) is 97.1 Å². The third-order valence-corrected chi connectivity index (χ3v) is 10.4. The molecule has 1 aliphatic carbocycles. The van der Waals surface area contributed by atoms with Gasteiger partial charge in [-0.05, 0) is 58.3 Å². The number of para-hydroxylation sites is 2. The summed E-state index contributed by atoms with van der Waals surface area (Å²) in [5.41, 5.74) is 11.6. The highest BCUT2D eigenvalue weighted by Gasteiger charge is 2.27. The number of fused-ring (bicyclic) bond motifs is 14. The van der Waals surface area contributed by atoms with Crippen LogP contribution in [0.25, 0.3) is 110 Å². The summed E-state index contributed by atoms with van der Waals surface area (Å²) < 4.78 is 4.79. The van der Waals surface area contributed by atoms with Gasteiger partial charge in [-0.3, -0.25) is 4.57 Å². The van der Waals surface area contributed by atoms with E-state index in [4.69, 9.17) is 9.97 Å². The number of hydrogen-bond donors (Lipinski definition) is 0. The molecule has 1 aliphatic rings. The van der Waals surface area contributed by atoms with E-state index in [2.05, 4.69) is 142 Å². The van der Waals surface area contributed by atoms with Gasteiger partial charge in [0.25, 0.3) is 0 Å². The van der Waals surface area contributed by atoms with Crippen LogP contribution in [0.5, 0.6) is 0 Å². The maximum absolute atomic E-state index is 5.39. The molecule has 0 saturated carbocycles. The van der Waals surface area contributed by atoms with E-state index >= 15 is 0 Å². The summed E-state index contributed by atoms with van der Waals surface area (Å²) in [4.78, 5) is 10.7. The molecule has 0 spiro atoms. The van der Waals surface area contributed by atoms with Crippen molar-refractivity contribution in [1.29, 1.82) is 0 Å². The Hall–Kier alpha value is -6.26. The fourth-order valence-corrected chi connectivity index (χ4v) is 8.53. The molecule has 0 radical (unpaired) electrons. The smallest absolute Gasteiger partial charge is 0.235 e. The molecule has 0 unspecified atom stereocenters. The molecule has 0 aliphatic heterocycles. The molecule has 0 amide bonds. The molecule has 4 aromatic heterocycles. The number of rotatable bonds is 1. The van der Waals surface area contributed by atoms with Crippen LogP contribution in [-0.2, 0) is 0 Å². The quantitative estimate of drug-likeness (QED) is 0.193. The lowest BCUT2D eigenvalue weighted by Crippen LogP contribution is -2.02. The van der Waals surface area contributed by atoms with Crippen LogP contribution in [0.3, 0.4) is 0 Å². The van der Waals surface area contributed by atoms with Crippen molar-refractivity contribution in [3.05, 3.63) is 133 Å². The van der Waals surface area contributed by atoms with Gasteiger partial charge < -0.3 is 4.40 Å². The van der Waals surface area contributed by atoms with Crippen LogP contribution in [0.2, 0.25) is 0 Å². The second-order valence-corrected chi connectivity index (χ2v) is 12.6. The van der Waals surface area contributed by atoms with Crippen LogP contribution in [0.1, 0.15) is 0 Å². The zero-order chi connectivity index (χ0) is 29.7. The second-order valence-electron chi connectivity index (χ2n) is 12.6. The van der Waals surface area contributed by atoms with E-state index in [0.717, 1.165) is 27.6 Å². The average molecular weight is 583 g/mol. The molecule has 12 rings (SSSR count). The van der Waals surface area contributed by atoms with Gasteiger partial charge in [-0.25, -0.2) is 9.97 Å². The van der Waals surface area contributed by atoms with E-state index in [1.807, 2.05) is 0 Å². The van der Waals surface area contributed by atoms with Crippen LogP contribution in [0.4, 0.5) is 0 Å². The molecule has 46 heavy (non-hydrogen) atoms. The van der Waals surface area contributed by atoms with Gasteiger partial charge in [-0.2, -0.15) is 0 Å². The molecule has 4 nitrogen and oxygen atoms in total. The van der Waals surface area contributed by atoms with Crippen LogP contribution < -0.4 is 0 Å². The van der Waals surface area contributed by atoms with E-state index in [1.54, 1.807) is 0 Å². The summed E-state index contributed by atoms with van der Waals surface area (Å²) in [7, 11) is 0. The van der Waals surface area contributed by atoms with Gasteiger partial charge in [0.2, 0.25) is 5.95 Å². The van der Waals surface area contributed by atoms with Crippen molar-refractivity contribution in [2.75, 3.05) is 0 Å². The van der Waals surface area contributed by atoms with Crippen LogP contribution in [0.15, 0.2) is 133 Å². The minimum absolute atomic E-state index is 0.703. The van der Waals surface area contributed by atoms with Gasteiger partial charge in [-0.15, -0.1) is 0 Å². The van der Waals surface area contributed by atoms with Crippen LogP contribution >= 0.6 is 0 Å². The van der Waals surface area contributed by atoms with Crippen molar-refractivity contribution >= 4 is 81.6 Å². The van der Waals surface area contributed by atoms with Gasteiger partial charge in [0.05, 0.1) is 38.8 Å². The third kappa shape index (κ3) is 2.61. The monoisotopic (exact) mass is 582 g/mol. The fourth-order valence-electron chi connectivity index (χ4n) is 8.53. The Balaban J connectivity index is 1.32. The first-order valence-electron chi connectivity index (χ1n) is 15.8. The maximum atomic E-state index is 5.39.